The van der Waals surface area contributed by atoms with Crippen LogP contribution in [0.25, 0.3) is 22.0 Å². The van der Waals surface area contributed by atoms with Gasteiger partial charge in [-0.15, -0.1) is 0 Å². The number of nitrogens with one attached hydrogen (secondary N) is 1. The number of aromatic hydroxyl groups is 1. The maximum atomic E-state index is 14.2. The molecule has 35 heavy (non-hydrogen) atoms. The number of halogens is 2. The van der Waals surface area contributed by atoms with Gasteiger partial charge in [0.05, 0.1) is 21.8 Å². The van der Waals surface area contributed by atoms with E-state index in [9.17, 15) is 14.3 Å². The molecule has 186 valence electrons. The maximum Gasteiger partial charge on any atom is 0.171 e. The number of anilines is 1. The highest BCUT2D eigenvalue weighted by molar-refractivity contribution is 6.32. The quantitative estimate of drug-likeness (QED) is 0.375. The second-order valence-electron chi connectivity index (χ2n) is 10.8. The summed E-state index contributed by atoms with van der Waals surface area (Å²) in [7, 11) is 4.24. The molecule has 0 spiro atoms. The average Bonchev–Trinajstić information content (AvgIpc) is 2.81. The van der Waals surface area contributed by atoms with Crippen molar-refractivity contribution in [3.63, 3.8) is 0 Å². The second-order valence-corrected chi connectivity index (χ2v) is 11.2. The summed E-state index contributed by atoms with van der Waals surface area (Å²) in [6.45, 7) is 5.72. The summed E-state index contributed by atoms with van der Waals surface area (Å²) < 4.78 is 14.2. The zero-order chi connectivity index (χ0) is 25.5. The predicted molar refractivity (Wildman–Crippen MR) is 141 cm³/mol. The lowest BCUT2D eigenvalue weighted by Crippen LogP contribution is -2.36. The van der Waals surface area contributed by atoms with Crippen molar-refractivity contribution in [3.8, 4) is 16.9 Å². The number of Topliss-reactive ketones (excluding diaryl/α,β-unsaturated/α-hetero) is 1. The molecule has 2 N–H and O–H groups in total. The van der Waals surface area contributed by atoms with Crippen LogP contribution in [0.5, 0.6) is 5.75 Å². The van der Waals surface area contributed by atoms with Gasteiger partial charge in [-0.1, -0.05) is 38.4 Å². The Morgan fingerprint density at radius 3 is 2.40 bits per heavy atom. The number of fused-ring (bicyclic) bond motifs is 1. The molecule has 7 heteroatoms. The van der Waals surface area contributed by atoms with Gasteiger partial charge in [-0.3, -0.25) is 9.78 Å². The van der Waals surface area contributed by atoms with Crippen molar-refractivity contribution in [2.45, 2.75) is 58.5 Å². The van der Waals surface area contributed by atoms with Crippen LogP contribution in [0.3, 0.4) is 0 Å². The number of carbonyl (C=O) groups is 1. The molecule has 5 nitrogen and oxygen atoms in total. The third-order valence-corrected chi connectivity index (χ3v) is 7.21. The number of rotatable bonds is 5. The van der Waals surface area contributed by atoms with Gasteiger partial charge in [-0.05, 0) is 75.2 Å². The van der Waals surface area contributed by atoms with E-state index in [1.54, 1.807) is 6.20 Å². The molecule has 1 aromatic heterocycles. The minimum absolute atomic E-state index is 0.0144. The predicted octanol–water partition coefficient (Wildman–Crippen LogP) is 6.91. The van der Waals surface area contributed by atoms with Crippen LogP contribution < -0.4 is 5.32 Å². The highest BCUT2D eigenvalue weighted by atomic mass is 35.5. The first-order valence-corrected chi connectivity index (χ1v) is 12.4. The molecular weight excluding hydrogens is 465 g/mol. The van der Waals surface area contributed by atoms with Gasteiger partial charge in [-0.2, -0.15) is 0 Å². The summed E-state index contributed by atoms with van der Waals surface area (Å²) >= 11 is 6.04. The van der Waals surface area contributed by atoms with Crippen molar-refractivity contribution in [1.29, 1.82) is 0 Å². The molecular formula is C28H33ClFN3O2. The Morgan fingerprint density at radius 2 is 1.80 bits per heavy atom. The molecule has 1 heterocycles. The van der Waals surface area contributed by atoms with Crippen molar-refractivity contribution < 1.29 is 14.3 Å². The Labute approximate surface area is 211 Å². The van der Waals surface area contributed by atoms with E-state index in [1.807, 2.05) is 39.0 Å². The first kappa shape index (κ1) is 25.4. The summed E-state index contributed by atoms with van der Waals surface area (Å²) in [5, 5.41) is 14.2. The topological polar surface area (TPSA) is 65.5 Å². The van der Waals surface area contributed by atoms with Gasteiger partial charge in [-0.25, -0.2) is 4.39 Å². The highest BCUT2D eigenvalue weighted by Gasteiger charge is 2.29. The van der Waals surface area contributed by atoms with E-state index in [0.29, 0.717) is 17.2 Å². The normalized spacial score (nSPS) is 18.7. The van der Waals surface area contributed by atoms with Crippen molar-refractivity contribution in [1.82, 2.24) is 9.88 Å². The second kappa shape index (κ2) is 9.75. The summed E-state index contributed by atoms with van der Waals surface area (Å²) in [6.07, 6.45) is 5.86. The molecule has 3 aromatic rings. The van der Waals surface area contributed by atoms with E-state index in [2.05, 4.69) is 29.3 Å². The maximum absolute atomic E-state index is 14.2. The number of pyridine rings is 1. The van der Waals surface area contributed by atoms with Crippen LogP contribution in [0, 0.1) is 11.2 Å². The monoisotopic (exact) mass is 497 g/mol. The molecule has 0 unspecified atom stereocenters. The van der Waals surface area contributed by atoms with Crippen LogP contribution in [-0.4, -0.2) is 47.0 Å². The Morgan fingerprint density at radius 1 is 1.11 bits per heavy atom. The number of hydrogen-bond donors (Lipinski definition) is 2. The number of phenols is 1. The molecule has 0 bridgehead atoms. The minimum Gasteiger partial charge on any atom is -0.504 e. The number of nitrogens with zero attached hydrogens (tertiary/aromatic N) is 2. The number of ketones is 1. The summed E-state index contributed by atoms with van der Waals surface area (Å²) in [6, 6.07) is 9.23. The van der Waals surface area contributed by atoms with Gasteiger partial charge < -0.3 is 15.3 Å². The van der Waals surface area contributed by atoms with Crippen LogP contribution >= 0.6 is 11.6 Å². The molecule has 1 aliphatic carbocycles. The number of carbonyl (C=O) groups excluding carboxylic acids is 1. The first-order chi connectivity index (χ1) is 16.5. The Kier molecular flexibility index (Phi) is 7.07. The molecule has 0 radical (unpaired) electrons. The SMILES string of the molecule is CN(C)C1CCC(Nc2c(C(=O)C(C)(C)C)cnc3ccc(-c4cc(F)c(O)c(Cl)c4)cc23)CC1. The minimum atomic E-state index is -0.779. The van der Waals surface area contributed by atoms with Crippen molar-refractivity contribution in [2.75, 3.05) is 19.4 Å². The van der Waals surface area contributed by atoms with Crippen molar-refractivity contribution in [3.05, 3.63) is 52.9 Å². The lowest BCUT2D eigenvalue weighted by atomic mass is 9.85. The molecule has 0 atom stereocenters. The van der Waals surface area contributed by atoms with Crippen LogP contribution in [0.15, 0.2) is 36.5 Å². The molecule has 1 saturated carbocycles. The van der Waals surface area contributed by atoms with Gasteiger partial charge in [0, 0.05) is 29.1 Å². The third kappa shape index (κ3) is 5.29. The third-order valence-electron chi connectivity index (χ3n) is 6.92. The lowest BCUT2D eigenvalue weighted by Gasteiger charge is -2.34. The van der Waals surface area contributed by atoms with Crippen LogP contribution in [0.1, 0.15) is 56.8 Å². The molecule has 0 saturated heterocycles. The Hall–Kier alpha value is -2.70. The van der Waals surface area contributed by atoms with E-state index in [1.165, 1.54) is 12.1 Å². The average molecular weight is 498 g/mol. The smallest absolute Gasteiger partial charge is 0.171 e. The molecule has 1 aliphatic rings. The van der Waals surface area contributed by atoms with Gasteiger partial charge >= 0.3 is 0 Å². The van der Waals surface area contributed by atoms with Crippen molar-refractivity contribution >= 4 is 34.0 Å². The fourth-order valence-electron chi connectivity index (χ4n) is 4.78. The van der Waals surface area contributed by atoms with E-state index >= 15 is 0 Å². The van der Waals surface area contributed by atoms with E-state index in [-0.39, 0.29) is 16.8 Å². The largest absolute Gasteiger partial charge is 0.504 e. The van der Waals surface area contributed by atoms with E-state index in [4.69, 9.17) is 11.6 Å². The Balaban J connectivity index is 1.81. The summed E-state index contributed by atoms with van der Waals surface area (Å²) in [5.41, 5.74) is 2.77. The number of hydrogen-bond acceptors (Lipinski definition) is 5. The van der Waals surface area contributed by atoms with Gasteiger partial charge in [0.25, 0.3) is 0 Å². The van der Waals surface area contributed by atoms with Crippen LogP contribution in [-0.2, 0) is 0 Å². The number of benzene rings is 2. The molecule has 2 aromatic carbocycles. The van der Waals surface area contributed by atoms with Gasteiger partial charge in [0.2, 0.25) is 0 Å². The zero-order valence-corrected chi connectivity index (χ0v) is 21.7. The fraction of sp³-hybridized carbons (Fsp3) is 0.429. The molecule has 0 aliphatic heterocycles. The van der Waals surface area contributed by atoms with E-state index < -0.39 is 17.0 Å². The van der Waals surface area contributed by atoms with Crippen molar-refractivity contribution in [2.24, 2.45) is 5.41 Å². The van der Waals surface area contributed by atoms with E-state index in [0.717, 1.165) is 47.8 Å². The molecule has 0 amide bonds. The number of phenolic OH excluding ortho intramolecular Hbond substituents is 1. The number of aromatic nitrogens is 1. The highest BCUT2D eigenvalue weighted by Crippen LogP contribution is 2.37. The van der Waals surface area contributed by atoms with Crippen LogP contribution in [0.4, 0.5) is 10.1 Å². The lowest BCUT2D eigenvalue weighted by molar-refractivity contribution is 0.0859. The molecule has 4 rings (SSSR count). The zero-order valence-electron chi connectivity index (χ0n) is 21.0. The first-order valence-electron chi connectivity index (χ1n) is 12.0. The van der Waals surface area contributed by atoms with Crippen LogP contribution in [0.2, 0.25) is 5.02 Å². The van der Waals surface area contributed by atoms with Gasteiger partial charge in [0.15, 0.2) is 17.3 Å². The van der Waals surface area contributed by atoms with Gasteiger partial charge in [0.1, 0.15) is 0 Å². The summed E-state index contributed by atoms with van der Waals surface area (Å²) in [4.78, 5) is 20.3. The standard InChI is InChI=1S/C28H33ClFN3O2/c1-28(2,3)27(35)21-15-31-24-11-6-16(17-13-22(29)26(34)23(30)14-17)12-20(24)25(21)32-18-7-9-19(10-8-18)33(4)5/h6,11-15,18-19,34H,7-10H2,1-5H3,(H,31,32). The fourth-order valence-corrected chi connectivity index (χ4v) is 4.98. The summed E-state index contributed by atoms with van der Waals surface area (Å²) in [5.74, 6) is -1.33. The Bertz CT molecular complexity index is 1240. The molecule has 1 fully saturated rings.